The number of halogens is 1. The second kappa shape index (κ2) is 12.1. The maximum Gasteiger partial charge on any atom is 0.303 e. The average Bonchev–Trinajstić information content (AvgIpc) is 3.72. The van der Waals surface area contributed by atoms with Crippen LogP contribution in [0.5, 0.6) is 11.5 Å². The molecule has 0 amide bonds. The number of carboxylic acids is 1. The van der Waals surface area contributed by atoms with E-state index < -0.39 is 5.97 Å². The summed E-state index contributed by atoms with van der Waals surface area (Å²) in [6.07, 6.45) is 6.58. The zero-order valence-corrected chi connectivity index (χ0v) is 19.9. The molecule has 0 atom stereocenters. The monoisotopic (exact) mass is 466 g/mol. The molecule has 0 spiro atoms. The number of carbonyl (C=O) groups is 1. The molecule has 0 unspecified atom stereocenters. The van der Waals surface area contributed by atoms with Gasteiger partial charge in [0, 0.05) is 12.0 Å². The molecule has 1 aromatic heterocycles. The van der Waals surface area contributed by atoms with Gasteiger partial charge in [-0.3, -0.25) is 14.8 Å². The molecule has 34 heavy (non-hydrogen) atoms. The highest BCUT2D eigenvalue weighted by Gasteiger charge is 2.17. The summed E-state index contributed by atoms with van der Waals surface area (Å²) in [4.78, 5) is 19.9. The van der Waals surface area contributed by atoms with E-state index in [2.05, 4.69) is 9.97 Å². The van der Waals surface area contributed by atoms with Gasteiger partial charge in [0.05, 0.1) is 30.4 Å². The van der Waals surface area contributed by atoms with Crippen molar-refractivity contribution in [3.63, 3.8) is 0 Å². The minimum absolute atomic E-state index is 0.0207. The van der Waals surface area contributed by atoms with Crippen LogP contribution >= 0.6 is 0 Å². The Kier molecular flexibility index (Phi) is 8.96. The number of benzene rings is 2. The molecule has 0 bridgehead atoms. The molecule has 0 saturated heterocycles. The van der Waals surface area contributed by atoms with Crippen molar-refractivity contribution in [3.8, 4) is 22.8 Å². The number of hydrogen-bond donors (Lipinski definition) is 1. The smallest absolute Gasteiger partial charge is 0.303 e. The number of carboxylic acid groups (broad SMARTS) is 1. The fourth-order valence-electron chi connectivity index (χ4n) is 3.13. The third-order valence-corrected chi connectivity index (χ3v) is 5.09. The van der Waals surface area contributed by atoms with Crippen LogP contribution in [0.3, 0.4) is 0 Å². The molecule has 1 N–H and O–H groups in total. The summed E-state index contributed by atoms with van der Waals surface area (Å²) in [7, 11) is 1.53. The van der Waals surface area contributed by atoms with Gasteiger partial charge in [-0.05, 0) is 48.2 Å². The number of aliphatic carboxylic acids is 1. The second-order valence-electron chi connectivity index (χ2n) is 8.49. The average molecular weight is 467 g/mol. The van der Waals surface area contributed by atoms with Gasteiger partial charge in [0.15, 0.2) is 0 Å². The van der Waals surface area contributed by atoms with Crippen LogP contribution < -0.4 is 9.47 Å². The van der Waals surface area contributed by atoms with E-state index in [0.29, 0.717) is 40.6 Å². The molecule has 1 heterocycles. The van der Waals surface area contributed by atoms with E-state index in [-0.39, 0.29) is 24.8 Å². The van der Waals surface area contributed by atoms with Gasteiger partial charge in [-0.2, -0.15) is 0 Å². The van der Waals surface area contributed by atoms with Crippen LogP contribution in [0, 0.1) is 5.82 Å². The lowest BCUT2D eigenvalue weighted by Gasteiger charge is -2.15. The second-order valence-corrected chi connectivity index (χ2v) is 8.49. The van der Waals surface area contributed by atoms with Crippen LogP contribution in [-0.2, 0) is 17.8 Å². The fourth-order valence-corrected chi connectivity index (χ4v) is 3.13. The van der Waals surface area contributed by atoms with E-state index in [4.69, 9.17) is 14.6 Å². The molecular formula is C27H31FN2O4. The van der Waals surface area contributed by atoms with Gasteiger partial charge < -0.3 is 14.6 Å². The predicted molar refractivity (Wildman–Crippen MR) is 129 cm³/mol. The topological polar surface area (TPSA) is 81.5 Å². The molecule has 7 heteroatoms. The summed E-state index contributed by atoms with van der Waals surface area (Å²) in [5, 5.41) is 8.84. The lowest BCUT2D eigenvalue weighted by Crippen LogP contribution is -2.07. The van der Waals surface area contributed by atoms with Crippen molar-refractivity contribution < 1.29 is 23.8 Å². The van der Waals surface area contributed by atoms with Crippen LogP contribution in [0.4, 0.5) is 4.39 Å². The molecule has 3 aromatic rings. The first-order valence-corrected chi connectivity index (χ1v) is 11.5. The number of aryl methyl sites for hydroxylation is 1. The van der Waals surface area contributed by atoms with Gasteiger partial charge in [-0.25, -0.2) is 4.39 Å². The summed E-state index contributed by atoms with van der Waals surface area (Å²) < 4.78 is 25.5. The number of methoxy groups -OCH3 is 1. The molecule has 2 aromatic carbocycles. The SMILES string of the molecule is C1CC1.COc1ccc(F)c(-c2ncc(COc3cccc(CCC(=O)O)c3)nc2C(C)C)c1. The number of ether oxygens (including phenoxy) is 2. The van der Waals surface area contributed by atoms with Crippen LogP contribution in [0.25, 0.3) is 11.3 Å². The summed E-state index contributed by atoms with van der Waals surface area (Å²) in [5.41, 5.74) is 2.99. The molecule has 0 aliphatic heterocycles. The van der Waals surface area contributed by atoms with E-state index in [1.807, 2.05) is 32.0 Å². The quantitative estimate of drug-likeness (QED) is 0.405. The highest BCUT2D eigenvalue weighted by Crippen LogP contribution is 2.31. The highest BCUT2D eigenvalue weighted by atomic mass is 19.1. The van der Waals surface area contributed by atoms with E-state index >= 15 is 0 Å². The summed E-state index contributed by atoms with van der Waals surface area (Å²) >= 11 is 0. The minimum Gasteiger partial charge on any atom is -0.497 e. The molecule has 1 aliphatic carbocycles. The zero-order valence-electron chi connectivity index (χ0n) is 19.9. The highest BCUT2D eigenvalue weighted by molar-refractivity contribution is 5.67. The Labute approximate surface area is 199 Å². The minimum atomic E-state index is -0.838. The third-order valence-electron chi connectivity index (χ3n) is 5.09. The van der Waals surface area contributed by atoms with Crippen LogP contribution in [0.2, 0.25) is 0 Å². The Balaban J connectivity index is 0.000000999. The molecule has 1 fully saturated rings. The Morgan fingerprint density at radius 3 is 2.53 bits per heavy atom. The van der Waals surface area contributed by atoms with E-state index in [0.717, 1.165) is 5.56 Å². The number of rotatable bonds is 9. The van der Waals surface area contributed by atoms with Crippen molar-refractivity contribution in [2.24, 2.45) is 0 Å². The van der Waals surface area contributed by atoms with Crippen molar-refractivity contribution in [2.75, 3.05) is 7.11 Å². The van der Waals surface area contributed by atoms with Crippen molar-refractivity contribution in [1.29, 1.82) is 0 Å². The molecule has 6 nitrogen and oxygen atoms in total. The predicted octanol–water partition coefficient (Wildman–Crippen LogP) is 6.18. The maximum atomic E-state index is 14.5. The Hall–Kier alpha value is -3.48. The zero-order chi connectivity index (χ0) is 24.5. The Morgan fingerprint density at radius 2 is 1.88 bits per heavy atom. The van der Waals surface area contributed by atoms with Crippen molar-refractivity contribution in [2.45, 2.75) is 58.5 Å². The van der Waals surface area contributed by atoms with E-state index in [9.17, 15) is 9.18 Å². The summed E-state index contributed by atoms with van der Waals surface area (Å²) in [6, 6.07) is 11.9. The number of nitrogens with zero attached hydrogens (tertiary/aromatic N) is 2. The Bertz CT molecular complexity index is 1110. The molecule has 1 saturated carbocycles. The van der Waals surface area contributed by atoms with Crippen LogP contribution in [0.1, 0.15) is 62.4 Å². The fraction of sp³-hybridized carbons (Fsp3) is 0.370. The van der Waals surface area contributed by atoms with Gasteiger partial charge >= 0.3 is 5.97 Å². The molecule has 180 valence electrons. The normalized spacial score (nSPS) is 12.0. The number of aromatic nitrogens is 2. The molecule has 4 rings (SSSR count). The molecule has 0 radical (unpaired) electrons. The number of hydrogen-bond acceptors (Lipinski definition) is 5. The van der Waals surface area contributed by atoms with Gasteiger partial charge in [0.25, 0.3) is 0 Å². The van der Waals surface area contributed by atoms with Gasteiger partial charge in [-0.15, -0.1) is 0 Å². The molecule has 1 aliphatic rings. The van der Waals surface area contributed by atoms with E-state index in [1.165, 1.54) is 32.4 Å². The Morgan fingerprint density at radius 1 is 1.12 bits per heavy atom. The van der Waals surface area contributed by atoms with Crippen molar-refractivity contribution in [3.05, 3.63) is 71.4 Å². The third kappa shape index (κ3) is 7.54. The van der Waals surface area contributed by atoms with Crippen molar-refractivity contribution in [1.82, 2.24) is 9.97 Å². The first kappa shape index (κ1) is 25.1. The lowest BCUT2D eigenvalue weighted by atomic mass is 10.0. The first-order chi connectivity index (χ1) is 16.4. The van der Waals surface area contributed by atoms with Gasteiger partial charge in [0.1, 0.15) is 23.9 Å². The van der Waals surface area contributed by atoms with Gasteiger partial charge in [-0.1, -0.05) is 45.2 Å². The summed E-state index contributed by atoms with van der Waals surface area (Å²) in [6.45, 7) is 4.14. The summed E-state index contributed by atoms with van der Waals surface area (Å²) in [5.74, 6) is -0.0382. The lowest BCUT2D eigenvalue weighted by molar-refractivity contribution is -0.136. The van der Waals surface area contributed by atoms with E-state index in [1.54, 1.807) is 24.4 Å². The largest absolute Gasteiger partial charge is 0.497 e. The molecular weight excluding hydrogens is 435 g/mol. The van der Waals surface area contributed by atoms with Crippen LogP contribution in [0.15, 0.2) is 48.7 Å². The van der Waals surface area contributed by atoms with Crippen LogP contribution in [-0.4, -0.2) is 28.2 Å². The van der Waals surface area contributed by atoms with Gasteiger partial charge in [0.2, 0.25) is 0 Å². The first-order valence-electron chi connectivity index (χ1n) is 11.5. The standard InChI is InChI=1S/C24H25FN2O4.C3H6/c1-15(2)23-24(20-12-18(30-3)8-9-21(20)25)26-13-17(27-23)14-31-19-6-4-5-16(11-19)7-10-22(28)29;1-2-3-1/h4-6,8-9,11-13,15H,7,10,14H2,1-3H3,(H,28,29);1-3H2. The maximum absolute atomic E-state index is 14.5. The van der Waals surface area contributed by atoms with Crippen molar-refractivity contribution >= 4 is 5.97 Å².